The normalized spacial score (nSPS) is 11.0. The third-order valence-corrected chi connectivity index (χ3v) is 4.26. The lowest BCUT2D eigenvalue weighted by Crippen LogP contribution is -2.10. The van der Waals surface area contributed by atoms with Crippen LogP contribution in [0.25, 0.3) is 20.8 Å². The van der Waals surface area contributed by atoms with Crippen molar-refractivity contribution >= 4 is 21.6 Å². The number of hydrogen-bond donors (Lipinski definition) is 1. The maximum Gasteiger partial charge on any atom is 0.124 e. The topological polar surface area (TPSA) is 24.9 Å². The van der Waals surface area contributed by atoms with Crippen molar-refractivity contribution in [2.75, 3.05) is 13.6 Å². The van der Waals surface area contributed by atoms with Crippen molar-refractivity contribution in [3.63, 3.8) is 0 Å². The Labute approximate surface area is 117 Å². The summed E-state index contributed by atoms with van der Waals surface area (Å²) in [5.41, 5.74) is 3.71. The molecule has 1 heterocycles. The first kappa shape index (κ1) is 12.3. The Morgan fingerprint density at radius 3 is 2.68 bits per heavy atom. The Balaban J connectivity index is 2.05. The van der Waals surface area contributed by atoms with Crippen LogP contribution in [0.1, 0.15) is 5.56 Å². The minimum absolute atomic E-state index is 0.988. The van der Waals surface area contributed by atoms with Gasteiger partial charge in [-0.1, -0.05) is 36.4 Å². The largest absolute Gasteiger partial charge is 0.319 e. The van der Waals surface area contributed by atoms with E-state index in [1.54, 1.807) is 11.3 Å². The molecule has 0 aliphatic carbocycles. The Hall–Kier alpha value is -1.71. The van der Waals surface area contributed by atoms with Crippen molar-refractivity contribution < 1.29 is 0 Å². The van der Waals surface area contributed by atoms with Gasteiger partial charge in [0.1, 0.15) is 5.01 Å². The maximum atomic E-state index is 4.75. The van der Waals surface area contributed by atoms with Crippen LogP contribution in [0.4, 0.5) is 0 Å². The molecule has 0 saturated carbocycles. The van der Waals surface area contributed by atoms with Crippen LogP contribution in [0.2, 0.25) is 0 Å². The van der Waals surface area contributed by atoms with E-state index in [2.05, 4.69) is 47.8 Å². The summed E-state index contributed by atoms with van der Waals surface area (Å²) in [6, 6.07) is 16.9. The minimum atomic E-state index is 0.988. The number of likely N-dealkylation sites (N-methyl/N-ethyl adjacent to an activating group) is 1. The second-order valence-corrected chi connectivity index (χ2v) is 5.53. The van der Waals surface area contributed by atoms with E-state index in [0.717, 1.165) is 23.5 Å². The fourth-order valence-electron chi connectivity index (χ4n) is 2.19. The molecule has 0 aliphatic rings. The van der Waals surface area contributed by atoms with Gasteiger partial charge >= 0.3 is 0 Å². The van der Waals surface area contributed by atoms with Crippen LogP contribution in [0, 0.1) is 0 Å². The fourth-order valence-corrected chi connectivity index (χ4v) is 3.22. The van der Waals surface area contributed by atoms with E-state index in [-0.39, 0.29) is 0 Å². The van der Waals surface area contributed by atoms with Gasteiger partial charge < -0.3 is 5.32 Å². The summed E-state index contributed by atoms with van der Waals surface area (Å²) in [7, 11) is 1.99. The average molecular weight is 268 g/mol. The molecule has 0 radical (unpaired) electrons. The first-order valence-electron chi connectivity index (χ1n) is 6.47. The average Bonchev–Trinajstić information content (AvgIpc) is 2.89. The van der Waals surface area contributed by atoms with Crippen LogP contribution in [-0.4, -0.2) is 18.6 Å². The van der Waals surface area contributed by atoms with Gasteiger partial charge in [-0.05, 0) is 37.7 Å². The second kappa shape index (κ2) is 5.51. The molecule has 3 heteroatoms. The van der Waals surface area contributed by atoms with E-state index >= 15 is 0 Å². The van der Waals surface area contributed by atoms with Crippen LogP contribution in [-0.2, 0) is 6.42 Å². The van der Waals surface area contributed by atoms with Gasteiger partial charge in [-0.25, -0.2) is 4.98 Å². The standard InChI is InChI=1S/C16H16N2S/c1-17-11-10-12-6-2-3-7-13(12)16-18-14-8-4-5-9-15(14)19-16/h2-9,17H,10-11H2,1H3. The number of hydrogen-bond acceptors (Lipinski definition) is 3. The van der Waals surface area contributed by atoms with E-state index in [9.17, 15) is 0 Å². The third kappa shape index (κ3) is 2.53. The molecule has 0 bridgehead atoms. The van der Waals surface area contributed by atoms with Gasteiger partial charge in [0, 0.05) is 5.56 Å². The summed E-state index contributed by atoms with van der Waals surface area (Å²) in [5.74, 6) is 0. The van der Waals surface area contributed by atoms with Crippen molar-refractivity contribution in [3.05, 3.63) is 54.1 Å². The van der Waals surface area contributed by atoms with Gasteiger partial charge in [-0.2, -0.15) is 0 Å². The van der Waals surface area contributed by atoms with E-state index < -0.39 is 0 Å². The molecule has 0 unspecified atom stereocenters. The summed E-state index contributed by atoms with van der Waals surface area (Å²) in [5, 5.41) is 4.32. The first-order valence-corrected chi connectivity index (χ1v) is 7.28. The van der Waals surface area contributed by atoms with E-state index in [4.69, 9.17) is 4.98 Å². The molecule has 0 aliphatic heterocycles. The Morgan fingerprint density at radius 1 is 1.05 bits per heavy atom. The predicted octanol–water partition coefficient (Wildman–Crippen LogP) is 3.73. The highest BCUT2D eigenvalue weighted by molar-refractivity contribution is 7.21. The molecule has 0 atom stereocenters. The third-order valence-electron chi connectivity index (χ3n) is 3.19. The quantitative estimate of drug-likeness (QED) is 0.780. The molecule has 0 fully saturated rings. The van der Waals surface area contributed by atoms with Crippen molar-refractivity contribution in [2.24, 2.45) is 0 Å². The maximum absolute atomic E-state index is 4.75. The van der Waals surface area contributed by atoms with Crippen LogP contribution in [0.3, 0.4) is 0 Å². The summed E-state index contributed by atoms with van der Waals surface area (Å²) >= 11 is 1.77. The molecule has 2 nitrogen and oxygen atoms in total. The molecule has 19 heavy (non-hydrogen) atoms. The van der Waals surface area contributed by atoms with Gasteiger partial charge in [0.05, 0.1) is 10.2 Å². The van der Waals surface area contributed by atoms with Crippen LogP contribution >= 0.6 is 11.3 Å². The predicted molar refractivity (Wildman–Crippen MR) is 82.7 cm³/mol. The van der Waals surface area contributed by atoms with Crippen molar-refractivity contribution in [1.82, 2.24) is 10.3 Å². The Kier molecular flexibility index (Phi) is 3.58. The zero-order valence-corrected chi connectivity index (χ0v) is 11.7. The smallest absolute Gasteiger partial charge is 0.124 e. The summed E-state index contributed by atoms with van der Waals surface area (Å²) in [6.07, 6.45) is 1.03. The van der Waals surface area contributed by atoms with Crippen LogP contribution in [0.5, 0.6) is 0 Å². The molecule has 1 aromatic heterocycles. The number of thiazole rings is 1. The highest BCUT2D eigenvalue weighted by Crippen LogP contribution is 2.32. The number of para-hydroxylation sites is 1. The second-order valence-electron chi connectivity index (χ2n) is 4.50. The molecular weight excluding hydrogens is 252 g/mol. The summed E-state index contributed by atoms with van der Waals surface area (Å²) < 4.78 is 1.25. The van der Waals surface area contributed by atoms with Gasteiger partial charge in [0.25, 0.3) is 0 Å². The highest BCUT2D eigenvalue weighted by atomic mass is 32.1. The lowest BCUT2D eigenvalue weighted by molar-refractivity contribution is 0.792. The minimum Gasteiger partial charge on any atom is -0.319 e. The molecule has 3 aromatic rings. The molecule has 96 valence electrons. The van der Waals surface area contributed by atoms with Gasteiger partial charge in [-0.3, -0.25) is 0 Å². The fraction of sp³-hybridized carbons (Fsp3) is 0.188. The lowest BCUT2D eigenvalue weighted by atomic mass is 10.1. The number of fused-ring (bicyclic) bond motifs is 1. The van der Waals surface area contributed by atoms with Crippen molar-refractivity contribution in [3.8, 4) is 10.6 Å². The van der Waals surface area contributed by atoms with Crippen molar-refractivity contribution in [2.45, 2.75) is 6.42 Å². The van der Waals surface area contributed by atoms with E-state index in [1.165, 1.54) is 15.8 Å². The SMILES string of the molecule is CNCCc1ccccc1-c1nc2ccccc2s1. The molecule has 0 saturated heterocycles. The molecule has 0 spiro atoms. The molecule has 0 amide bonds. The lowest BCUT2D eigenvalue weighted by Gasteiger charge is -2.06. The summed E-state index contributed by atoms with van der Waals surface area (Å²) in [6.45, 7) is 0.988. The zero-order valence-electron chi connectivity index (χ0n) is 10.9. The van der Waals surface area contributed by atoms with Crippen LogP contribution in [0.15, 0.2) is 48.5 Å². The Morgan fingerprint density at radius 2 is 1.84 bits per heavy atom. The van der Waals surface area contributed by atoms with E-state index in [1.807, 2.05) is 13.1 Å². The molecule has 2 aromatic carbocycles. The van der Waals surface area contributed by atoms with Gasteiger partial charge in [0.2, 0.25) is 0 Å². The number of nitrogens with zero attached hydrogens (tertiary/aromatic N) is 1. The summed E-state index contributed by atoms with van der Waals surface area (Å²) in [4.78, 5) is 4.75. The molecular formula is C16H16N2S. The number of nitrogens with one attached hydrogen (secondary N) is 1. The number of aromatic nitrogens is 1. The van der Waals surface area contributed by atoms with Gasteiger partial charge in [-0.15, -0.1) is 11.3 Å². The van der Waals surface area contributed by atoms with Gasteiger partial charge in [0.15, 0.2) is 0 Å². The molecule has 3 rings (SSSR count). The van der Waals surface area contributed by atoms with Crippen molar-refractivity contribution in [1.29, 1.82) is 0 Å². The van der Waals surface area contributed by atoms with Crippen LogP contribution < -0.4 is 5.32 Å². The number of benzene rings is 2. The van der Waals surface area contributed by atoms with E-state index in [0.29, 0.717) is 0 Å². The first-order chi connectivity index (χ1) is 9.38. The zero-order chi connectivity index (χ0) is 13.1. The monoisotopic (exact) mass is 268 g/mol. The highest BCUT2D eigenvalue weighted by Gasteiger charge is 2.09. The Bertz CT molecular complexity index is 655. The molecule has 1 N–H and O–H groups in total. The number of rotatable bonds is 4.